The van der Waals surface area contributed by atoms with E-state index in [1.165, 1.54) is 0 Å². The van der Waals surface area contributed by atoms with Crippen molar-refractivity contribution in [3.63, 3.8) is 0 Å². The van der Waals surface area contributed by atoms with Gasteiger partial charge in [-0.05, 0) is 18.9 Å². The Morgan fingerprint density at radius 3 is 2.78 bits per heavy atom. The molecule has 0 saturated heterocycles. The van der Waals surface area contributed by atoms with Crippen molar-refractivity contribution >= 4 is 23.1 Å². The van der Waals surface area contributed by atoms with Gasteiger partial charge in [0.25, 0.3) is 0 Å². The third kappa shape index (κ3) is 2.53. The maximum atomic E-state index is 12.2. The minimum absolute atomic E-state index is 0.0281. The molecule has 3 N–H and O–H groups in total. The highest BCUT2D eigenvalue weighted by molar-refractivity contribution is 7.80. The first-order valence-corrected chi connectivity index (χ1v) is 6.62. The maximum Gasteiger partial charge on any atom is 0.233 e. The molecule has 0 radical (unpaired) electrons. The highest BCUT2D eigenvalue weighted by Gasteiger charge is 2.43. The molecular weight excluding hydrogens is 248 g/mol. The van der Waals surface area contributed by atoms with Gasteiger partial charge < -0.3 is 11.1 Å². The van der Waals surface area contributed by atoms with Gasteiger partial charge >= 0.3 is 0 Å². The van der Waals surface area contributed by atoms with Crippen LogP contribution in [0.1, 0.15) is 25.7 Å². The molecule has 0 atom stereocenters. The van der Waals surface area contributed by atoms with Gasteiger partial charge in [0, 0.05) is 18.9 Å². The maximum absolute atomic E-state index is 12.2. The van der Waals surface area contributed by atoms with Crippen molar-refractivity contribution < 1.29 is 4.79 Å². The van der Waals surface area contributed by atoms with Crippen molar-refractivity contribution in [2.45, 2.75) is 32.2 Å². The number of carbonyl (C=O) groups is 1. The Morgan fingerprint density at radius 2 is 2.22 bits per heavy atom. The Hall–Kier alpha value is -1.43. The number of nitrogens with one attached hydrogen (secondary N) is 1. The number of carbonyl (C=O) groups excluding carboxylic acids is 1. The second-order valence-corrected chi connectivity index (χ2v) is 5.12. The standard InChI is InChI=1S/C12H18N4OS/c13-10(18)12(4-1-2-5-12)11(17)14-7-9-16-8-3-6-15-16/h3,6,8H,1-2,4-5,7,9H2,(H2,13,18)(H,14,17). The van der Waals surface area contributed by atoms with Gasteiger partial charge in [0.2, 0.25) is 5.91 Å². The first-order chi connectivity index (χ1) is 8.65. The summed E-state index contributed by atoms with van der Waals surface area (Å²) in [6.07, 6.45) is 7.17. The van der Waals surface area contributed by atoms with Gasteiger partial charge in [-0.3, -0.25) is 9.48 Å². The minimum Gasteiger partial charge on any atom is -0.392 e. The number of hydrogen-bond acceptors (Lipinski definition) is 3. The van der Waals surface area contributed by atoms with Crippen LogP contribution in [0.3, 0.4) is 0 Å². The van der Waals surface area contributed by atoms with Gasteiger partial charge in [-0.15, -0.1) is 0 Å². The zero-order valence-corrected chi connectivity index (χ0v) is 11.1. The summed E-state index contributed by atoms with van der Waals surface area (Å²) in [5.41, 5.74) is 5.14. The molecule has 0 bridgehead atoms. The normalized spacial score (nSPS) is 17.6. The fraction of sp³-hybridized carbons (Fsp3) is 0.583. The largest absolute Gasteiger partial charge is 0.392 e. The Kier molecular flexibility index (Phi) is 3.96. The predicted molar refractivity (Wildman–Crippen MR) is 72.9 cm³/mol. The molecule has 0 aliphatic heterocycles. The van der Waals surface area contributed by atoms with E-state index >= 15 is 0 Å². The molecule has 0 spiro atoms. The molecule has 1 saturated carbocycles. The molecule has 1 aliphatic rings. The van der Waals surface area contributed by atoms with Crippen LogP contribution in [0.15, 0.2) is 18.5 Å². The molecule has 98 valence electrons. The van der Waals surface area contributed by atoms with Gasteiger partial charge in [-0.25, -0.2) is 0 Å². The van der Waals surface area contributed by atoms with Gasteiger partial charge in [0.1, 0.15) is 0 Å². The van der Waals surface area contributed by atoms with E-state index in [-0.39, 0.29) is 5.91 Å². The number of aromatic nitrogens is 2. The van der Waals surface area contributed by atoms with Crippen molar-refractivity contribution in [2.24, 2.45) is 11.1 Å². The number of rotatable bonds is 5. The van der Waals surface area contributed by atoms with Gasteiger partial charge in [-0.2, -0.15) is 5.10 Å². The molecule has 1 heterocycles. The van der Waals surface area contributed by atoms with Crippen LogP contribution in [0, 0.1) is 5.41 Å². The van der Waals surface area contributed by atoms with E-state index < -0.39 is 5.41 Å². The Bertz CT molecular complexity index is 423. The summed E-state index contributed by atoms with van der Waals surface area (Å²) >= 11 is 5.07. The number of thiocarbonyl (C=S) groups is 1. The summed E-state index contributed by atoms with van der Waals surface area (Å²) in [5.74, 6) is -0.0281. The highest BCUT2D eigenvalue weighted by Crippen LogP contribution is 2.38. The van der Waals surface area contributed by atoms with E-state index in [1.807, 2.05) is 12.3 Å². The predicted octanol–water partition coefficient (Wildman–Crippen LogP) is 0.846. The van der Waals surface area contributed by atoms with E-state index in [4.69, 9.17) is 18.0 Å². The third-order valence-electron chi connectivity index (χ3n) is 3.55. The van der Waals surface area contributed by atoms with E-state index in [0.29, 0.717) is 18.1 Å². The van der Waals surface area contributed by atoms with Crippen molar-refractivity contribution in [2.75, 3.05) is 6.54 Å². The molecule has 1 aromatic heterocycles. The van der Waals surface area contributed by atoms with Crippen molar-refractivity contribution in [3.05, 3.63) is 18.5 Å². The van der Waals surface area contributed by atoms with Crippen molar-refractivity contribution in [1.29, 1.82) is 0 Å². The summed E-state index contributed by atoms with van der Waals surface area (Å²) in [4.78, 5) is 12.6. The van der Waals surface area contributed by atoms with Crippen LogP contribution in [0.2, 0.25) is 0 Å². The average molecular weight is 266 g/mol. The Morgan fingerprint density at radius 1 is 1.50 bits per heavy atom. The molecule has 2 rings (SSSR count). The number of nitrogens with two attached hydrogens (primary N) is 1. The first-order valence-electron chi connectivity index (χ1n) is 6.21. The van der Waals surface area contributed by atoms with Crippen LogP contribution in [0.25, 0.3) is 0 Å². The lowest BCUT2D eigenvalue weighted by Crippen LogP contribution is -2.47. The van der Waals surface area contributed by atoms with Crippen LogP contribution in [0.5, 0.6) is 0 Å². The lowest BCUT2D eigenvalue weighted by molar-refractivity contribution is -0.127. The monoisotopic (exact) mass is 266 g/mol. The van der Waals surface area contributed by atoms with Crippen LogP contribution >= 0.6 is 12.2 Å². The Balaban J connectivity index is 1.88. The number of amides is 1. The molecular formula is C12H18N4OS. The lowest BCUT2D eigenvalue weighted by Gasteiger charge is -2.26. The molecule has 1 fully saturated rings. The van der Waals surface area contributed by atoms with E-state index in [2.05, 4.69) is 10.4 Å². The van der Waals surface area contributed by atoms with Crippen LogP contribution < -0.4 is 11.1 Å². The molecule has 6 heteroatoms. The van der Waals surface area contributed by atoms with Crippen LogP contribution in [0.4, 0.5) is 0 Å². The smallest absolute Gasteiger partial charge is 0.233 e. The summed E-state index contributed by atoms with van der Waals surface area (Å²) in [6.45, 7) is 1.21. The van der Waals surface area contributed by atoms with Crippen LogP contribution in [-0.2, 0) is 11.3 Å². The van der Waals surface area contributed by atoms with Crippen LogP contribution in [-0.4, -0.2) is 27.2 Å². The van der Waals surface area contributed by atoms with Crippen molar-refractivity contribution in [3.8, 4) is 0 Å². The summed E-state index contributed by atoms with van der Waals surface area (Å²) in [7, 11) is 0. The van der Waals surface area contributed by atoms with E-state index in [1.54, 1.807) is 10.9 Å². The number of nitrogens with zero attached hydrogens (tertiary/aromatic N) is 2. The van der Waals surface area contributed by atoms with Crippen molar-refractivity contribution in [1.82, 2.24) is 15.1 Å². The first kappa shape index (κ1) is 13.0. The lowest BCUT2D eigenvalue weighted by atomic mass is 9.85. The third-order valence-corrected chi connectivity index (χ3v) is 3.94. The topological polar surface area (TPSA) is 72.9 Å². The van der Waals surface area contributed by atoms with E-state index in [0.717, 1.165) is 25.7 Å². The molecule has 1 amide bonds. The summed E-state index contributed by atoms with van der Waals surface area (Å²) in [5, 5.41) is 7.00. The molecule has 5 nitrogen and oxygen atoms in total. The molecule has 18 heavy (non-hydrogen) atoms. The fourth-order valence-electron chi connectivity index (χ4n) is 2.45. The molecule has 0 aromatic carbocycles. The van der Waals surface area contributed by atoms with Gasteiger partial charge in [-0.1, -0.05) is 25.1 Å². The minimum atomic E-state index is -0.612. The van der Waals surface area contributed by atoms with Gasteiger partial charge in [0.05, 0.1) is 16.9 Å². The average Bonchev–Trinajstić information content (AvgIpc) is 3.00. The highest BCUT2D eigenvalue weighted by atomic mass is 32.1. The second-order valence-electron chi connectivity index (χ2n) is 4.68. The summed E-state index contributed by atoms with van der Waals surface area (Å²) < 4.78 is 1.78. The second kappa shape index (κ2) is 5.48. The number of hydrogen-bond donors (Lipinski definition) is 2. The molecule has 0 unspecified atom stereocenters. The molecule has 1 aliphatic carbocycles. The molecule has 1 aromatic rings. The zero-order chi connectivity index (χ0) is 13.0. The van der Waals surface area contributed by atoms with E-state index in [9.17, 15) is 4.79 Å². The zero-order valence-electron chi connectivity index (χ0n) is 10.3. The van der Waals surface area contributed by atoms with Gasteiger partial charge in [0.15, 0.2) is 0 Å². The SMILES string of the molecule is NC(=S)C1(C(=O)NCCn2cccn2)CCCC1. The fourth-order valence-corrected chi connectivity index (χ4v) is 2.75. The Labute approximate surface area is 112 Å². The quantitative estimate of drug-likeness (QED) is 0.775. The summed E-state index contributed by atoms with van der Waals surface area (Å²) in [6, 6.07) is 1.86.